The van der Waals surface area contributed by atoms with Gasteiger partial charge in [-0.3, -0.25) is 9.59 Å². The first-order valence-corrected chi connectivity index (χ1v) is 3.26. The maximum Gasteiger partial charge on any atom is 1.00 e. The van der Waals surface area contributed by atoms with Crippen molar-refractivity contribution in [2.45, 2.75) is 0 Å². The second-order valence-electron chi connectivity index (χ2n) is 1.84. The van der Waals surface area contributed by atoms with Crippen LogP contribution in [-0.4, -0.2) is 28.4 Å². The summed E-state index contributed by atoms with van der Waals surface area (Å²) in [5, 5.41) is 37.1. The number of carbonyl (C=O) groups excluding carboxylic acids is 2. The summed E-state index contributed by atoms with van der Waals surface area (Å²) in [6.07, 6.45) is 0. The topological polar surface area (TPSA) is 202 Å². The fourth-order valence-electron chi connectivity index (χ4n) is 0.247. The summed E-state index contributed by atoms with van der Waals surface area (Å²) in [7, 11) is 0. The van der Waals surface area contributed by atoms with Crippen molar-refractivity contribution < 1.29 is 66.2 Å². The van der Waals surface area contributed by atoms with Crippen LogP contribution in [0.5, 0.6) is 0 Å². The number of nitrogens with two attached hydrogens (primary N) is 2. The summed E-state index contributed by atoms with van der Waals surface area (Å²) < 4.78 is 0. The third-order valence-electron chi connectivity index (χ3n) is 0.870. The number of amides is 2. The largest absolute Gasteiger partial charge is 1.00 e. The van der Waals surface area contributed by atoms with Gasteiger partial charge in [0.2, 0.25) is 5.71 Å². The van der Waals surface area contributed by atoms with E-state index in [9.17, 15) is 14.8 Å². The molecule has 0 heterocycles. The predicted molar refractivity (Wildman–Crippen MR) is 49.6 cm³/mol. The van der Waals surface area contributed by atoms with Crippen molar-refractivity contribution in [3.63, 3.8) is 0 Å². The normalized spacial score (nSPS) is 9.53. The molecule has 0 aliphatic heterocycles. The monoisotopic (exact) mass is 264 g/mol. The van der Waals surface area contributed by atoms with Crippen molar-refractivity contribution in [1.29, 1.82) is 10.5 Å². The summed E-state index contributed by atoms with van der Waals surface area (Å²) >= 11 is 0. The van der Waals surface area contributed by atoms with Crippen LogP contribution in [0.2, 0.25) is 0 Å². The van der Waals surface area contributed by atoms with Crippen LogP contribution >= 0.6 is 0 Å². The fraction of sp³-hybridized carbons (Fsp3) is 0. The second kappa shape index (κ2) is 12.6. The summed E-state index contributed by atoms with van der Waals surface area (Å²) in [6, 6.07) is 2.49. The first-order valence-electron chi connectivity index (χ1n) is 3.26. The Hall–Kier alpha value is -1.50. The molecular weight excluding hydrogens is 259 g/mol. The van der Waals surface area contributed by atoms with Crippen LogP contribution in [0, 0.1) is 27.9 Å². The van der Waals surface area contributed by atoms with Crippen molar-refractivity contribution in [2.24, 2.45) is 21.8 Å². The van der Waals surface area contributed by atoms with Crippen LogP contribution < -0.4 is 62.9 Å². The van der Waals surface area contributed by atoms with Gasteiger partial charge >= 0.3 is 51.4 Å². The van der Waals surface area contributed by atoms with Crippen molar-refractivity contribution in [1.82, 2.24) is 0 Å². The summed E-state index contributed by atoms with van der Waals surface area (Å²) in [5.41, 5.74) is 7.48. The van der Waals surface area contributed by atoms with E-state index in [4.69, 9.17) is 15.7 Å². The van der Waals surface area contributed by atoms with E-state index in [0.29, 0.717) is 0 Å². The fourth-order valence-corrected chi connectivity index (χ4v) is 0.247. The van der Waals surface area contributed by atoms with Gasteiger partial charge in [-0.25, -0.2) is 0 Å². The first kappa shape index (κ1) is 20.9. The number of rotatable bonds is 2. The maximum absolute atomic E-state index is 9.87. The molecule has 5 N–H and O–H groups in total. The van der Waals surface area contributed by atoms with E-state index in [1.165, 1.54) is 12.1 Å². The molecule has 0 fully saturated rings. The number of hydrogen-bond acceptors (Lipinski definition) is 8. The van der Waals surface area contributed by atoms with Gasteiger partial charge in [0, 0.05) is 0 Å². The van der Waals surface area contributed by atoms with Gasteiger partial charge in [-0.2, -0.15) is 10.5 Å². The number of nitrogens with zero attached hydrogens (tertiary/aromatic N) is 4. The Morgan fingerprint density at radius 1 is 1.12 bits per heavy atom. The van der Waals surface area contributed by atoms with Crippen LogP contribution in [0.1, 0.15) is 0 Å². The SMILES string of the molecule is N#C/C(=N\O)C(N)=O.N#C/C(=N\[O-])C(N)=O.[K+]. The van der Waals surface area contributed by atoms with Gasteiger partial charge in [-0.05, 0) is 0 Å². The molecule has 0 aliphatic carbocycles. The molecule has 0 aliphatic rings. The van der Waals surface area contributed by atoms with E-state index in [1.54, 1.807) is 0 Å². The number of carbonyl (C=O) groups is 2. The molecule has 0 saturated heterocycles. The second-order valence-corrected chi connectivity index (χ2v) is 1.84. The molecule has 0 spiro atoms. The Balaban J connectivity index is -0.000000218. The molecule has 10 nitrogen and oxygen atoms in total. The average molecular weight is 264 g/mol. The van der Waals surface area contributed by atoms with Crippen LogP contribution in [-0.2, 0) is 9.59 Å². The minimum atomic E-state index is -1.09. The zero-order valence-electron chi connectivity index (χ0n) is 8.62. The van der Waals surface area contributed by atoms with Gasteiger partial charge in [0.1, 0.15) is 12.1 Å². The molecule has 2 amide bonds. The van der Waals surface area contributed by atoms with Crippen LogP contribution in [0.3, 0.4) is 0 Å². The molecule has 0 bridgehead atoms. The standard InChI is InChI=1S/2C3H3N3O2.K/c2*4-1-2(6-8)3(5)7;/h2*8H,(H2,5,7);/q;;+1/p-1/b2*6-2+;. The van der Waals surface area contributed by atoms with Gasteiger partial charge in [0.05, 0.1) is 0 Å². The molecule has 0 aromatic rings. The van der Waals surface area contributed by atoms with E-state index < -0.39 is 23.2 Å². The summed E-state index contributed by atoms with van der Waals surface area (Å²) in [6.45, 7) is 0. The zero-order chi connectivity index (χ0) is 13.1. The molecule has 0 aromatic carbocycles. The molecule has 0 aromatic heterocycles. The van der Waals surface area contributed by atoms with Gasteiger partial charge < -0.3 is 27.0 Å². The third-order valence-corrected chi connectivity index (χ3v) is 0.870. The van der Waals surface area contributed by atoms with E-state index in [1.807, 2.05) is 5.16 Å². The number of primary amides is 2. The Bertz CT molecular complexity index is 377. The Morgan fingerprint density at radius 3 is 1.47 bits per heavy atom. The molecule has 0 rings (SSSR count). The van der Waals surface area contributed by atoms with Gasteiger partial charge in [0.25, 0.3) is 11.8 Å². The Morgan fingerprint density at radius 2 is 1.47 bits per heavy atom. The van der Waals surface area contributed by atoms with Gasteiger partial charge in [-0.15, -0.1) is 0 Å². The van der Waals surface area contributed by atoms with Crippen molar-refractivity contribution >= 4 is 23.2 Å². The van der Waals surface area contributed by atoms with Gasteiger partial charge in [-0.1, -0.05) is 5.16 Å². The summed E-state index contributed by atoms with van der Waals surface area (Å²) in [5.74, 6) is -2.13. The summed E-state index contributed by atoms with van der Waals surface area (Å²) in [4.78, 5) is 19.7. The molecular formula is C6H5KN6O4. The van der Waals surface area contributed by atoms with E-state index >= 15 is 0 Å². The Labute approximate surface area is 138 Å². The third kappa shape index (κ3) is 10.8. The quantitative estimate of drug-likeness (QED) is 0.192. The molecule has 0 saturated carbocycles. The van der Waals surface area contributed by atoms with Crippen LogP contribution in [0.25, 0.3) is 0 Å². The van der Waals surface area contributed by atoms with Crippen LogP contribution in [0.15, 0.2) is 10.3 Å². The number of hydrogen-bond donors (Lipinski definition) is 3. The molecule has 17 heavy (non-hydrogen) atoms. The van der Waals surface area contributed by atoms with Crippen molar-refractivity contribution in [3.05, 3.63) is 5.21 Å². The minimum absolute atomic E-state index is 0. The molecule has 84 valence electrons. The Kier molecular flexibility index (Phi) is 15.4. The van der Waals surface area contributed by atoms with Crippen LogP contribution in [0.4, 0.5) is 0 Å². The smallest absolute Gasteiger partial charge is 0.791 e. The average Bonchev–Trinajstić information content (AvgIpc) is 2.21. The first-order chi connectivity index (χ1) is 7.44. The van der Waals surface area contributed by atoms with E-state index in [2.05, 4.69) is 16.6 Å². The molecule has 0 atom stereocenters. The van der Waals surface area contributed by atoms with Gasteiger partial charge in [0.15, 0.2) is 5.71 Å². The van der Waals surface area contributed by atoms with Crippen molar-refractivity contribution in [3.8, 4) is 12.1 Å². The van der Waals surface area contributed by atoms with E-state index in [-0.39, 0.29) is 51.4 Å². The zero-order valence-corrected chi connectivity index (χ0v) is 11.7. The predicted octanol–water partition coefficient (Wildman–Crippen LogP) is -5.24. The maximum atomic E-state index is 9.87. The van der Waals surface area contributed by atoms with Crippen molar-refractivity contribution in [2.75, 3.05) is 0 Å². The molecule has 0 unspecified atom stereocenters. The minimum Gasteiger partial charge on any atom is -0.791 e. The van der Waals surface area contributed by atoms with E-state index in [0.717, 1.165) is 0 Å². The number of oxime groups is 1. The molecule has 0 radical (unpaired) electrons. The number of nitriles is 2. The molecule has 11 heteroatoms.